The van der Waals surface area contributed by atoms with E-state index in [2.05, 4.69) is 27.1 Å². The van der Waals surface area contributed by atoms with E-state index in [0.29, 0.717) is 29.8 Å². The second kappa shape index (κ2) is 14.4. The molecule has 0 saturated carbocycles. The summed E-state index contributed by atoms with van der Waals surface area (Å²) >= 11 is 0. The zero-order valence-electron chi connectivity index (χ0n) is 26.6. The Morgan fingerprint density at radius 3 is 2.43 bits per heavy atom. The van der Waals surface area contributed by atoms with E-state index in [1.807, 2.05) is 98.8 Å². The number of fused-ring (bicyclic) bond motifs is 1. The van der Waals surface area contributed by atoms with Crippen LogP contribution in [0.15, 0.2) is 97.2 Å². The number of amides is 1. The zero-order chi connectivity index (χ0) is 31.9. The third kappa shape index (κ3) is 7.62. The number of likely N-dealkylation sites (N-methyl/N-ethyl adjacent to an activating group) is 1. The van der Waals surface area contributed by atoms with Crippen LogP contribution in [0.2, 0.25) is 0 Å². The molecule has 0 atom stereocenters. The number of para-hydroxylation sites is 1. The molecule has 1 N–H and O–H groups in total. The molecule has 6 rings (SSSR count). The lowest BCUT2D eigenvalue weighted by atomic mass is 10.1. The number of ether oxygens (including phenoxy) is 2. The maximum absolute atomic E-state index is 13.9. The van der Waals surface area contributed by atoms with Crippen molar-refractivity contribution in [2.45, 2.75) is 20.3 Å². The number of benzene rings is 4. The number of nitrogens with one attached hydrogen (secondary N) is 1. The summed E-state index contributed by atoms with van der Waals surface area (Å²) in [6.45, 7) is 9.98. The minimum Gasteiger partial charge on any atom is -0.493 e. The lowest BCUT2D eigenvalue weighted by molar-refractivity contribution is 0.145. The number of carbonyl (C=O) groups is 1. The van der Waals surface area contributed by atoms with E-state index in [-0.39, 0.29) is 0 Å². The summed E-state index contributed by atoms with van der Waals surface area (Å²) in [5.41, 5.74) is 3.16. The molecule has 0 bridgehead atoms. The van der Waals surface area contributed by atoms with Crippen LogP contribution < -0.4 is 19.7 Å². The highest BCUT2D eigenvalue weighted by Gasteiger charge is 2.24. The number of aromatic nitrogens is 2. The second-order valence-corrected chi connectivity index (χ2v) is 11.7. The van der Waals surface area contributed by atoms with E-state index in [9.17, 15) is 4.79 Å². The molecule has 0 spiro atoms. The van der Waals surface area contributed by atoms with E-state index in [0.717, 1.165) is 72.5 Å². The van der Waals surface area contributed by atoms with Gasteiger partial charge in [-0.2, -0.15) is 4.98 Å². The van der Waals surface area contributed by atoms with Crippen molar-refractivity contribution in [1.82, 2.24) is 19.8 Å². The molecule has 236 valence electrons. The number of carbonyl (C=O) groups excluding carboxylic acids is 1. The molecule has 1 aliphatic rings. The van der Waals surface area contributed by atoms with Crippen LogP contribution >= 0.6 is 0 Å². The number of hydrogen-bond donors (Lipinski definition) is 1. The van der Waals surface area contributed by atoms with Gasteiger partial charge in [0.15, 0.2) is 0 Å². The normalized spacial score (nSPS) is 13.8. The van der Waals surface area contributed by atoms with Crippen LogP contribution in [0.3, 0.4) is 0 Å². The summed E-state index contributed by atoms with van der Waals surface area (Å²) in [5.74, 6) is 2.02. The van der Waals surface area contributed by atoms with Gasteiger partial charge >= 0.3 is 6.09 Å². The number of hydrogen-bond acceptors (Lipinski definition) is 8. The smallest absolute Gasteiger partial charge is 0.425 e. The lowest BCUT2D eigenvalue weighted by Gasteiger charge is -2.32. The fourth-order valence-electron chi connectivity index (χ4n) is 5.62. The van der Waals surface area contributed by atoms with Crippen molar-refractivity contribution >= 4 is 40.0 Å². The zero-order valence-corrected chi connectivity index (χ0v) is 26.6. The van der Waals surface area contributed by atoms with Gasteiger partial charge in [-0.1, -0.05) is 54.6 Å². The molecule has 1 amide bonds. The highest BCUT2D eigenvalue weighted by atomic mass is 16.6. The van der Waals surface area contributed by atoms with E-state index in [4.69, 9.17) is 14.5 Å². The van der Waals surface area contributed by atoms with Gasteiger partial charge in [0.2, 0.25) is 5.95 Å². The fourth-order valence-corrected chi connectivity index (χ4v) is 5.62. The van der Waals surface area contributed by atoms with Crippen molar-refractivity contribution in [2.24, 2.45) is 0 Å². The fraction of sp³-hybridized carbons (Fsp3) is 0.270. The van der Waals surface area contributed by atoms with E-state index in [1.54, 1.807) is 12.3 Å². The van der Waals surface area contributed by atoms with Crippen molar-refractivity contribution in [3.63, 3.8) is 0 Å². The van der Waals surface area contributed by atoms with Crippen LogP contribution in [0, 0.1) is 13.8 Å². The molecule has 4 aromatic carbocycles. The maximum atomic E-state index is 13.9. The summed E-state index contributed by atoms with van der Waals surface area (Å²) in [4.78, 5) is 29.4. The average molecular weight is 617 g/mol. The third-order valence-electron chi connectivity index (χ3n) is 8.22. The first-order valence-corrected chi connectivity index (χ1v) is 15.7. The van der Waals surface area contributed by atoms with E-state index < -0.39 is 6.09 Å². The SMILES string of the molecule is Cc1cccc(C)c1OC(=O)N(c1ccc2ccccc2c1)c1ccnc(Nc2cccc(OCCCN3CCN(C)CC3)c2)n1. The summed E-state index contributed by atoms with van der Waals surface area (Å²) in [5, 5.41) is 5.35. The molecule has 2 heterocycles. The first-order valence-electron chi connectivity index (χ1n) is 15.7. The predicted octanol–water partition coefficient (Wildman–Crippen LogP) is 7.34. The predicted molar refractivity (Wildman–Crippen MR) is 184 cm³/mol. The van der Waals surface area contributed by atoms with Gasteiger partial charge in [0.1, 0.15) is 17.3 Å². The number of anilines is 4. The molecule has 1 saturated heterocycles. The molecule has 1 aromatic heterocycles. The van der Waals surface area contributed by atoms with Gasteiger partial charge in [0.05, 0.1) is 12.3 Å². The Bertz CT molecular complexity index is 1780. The monoisotopic (exact) mass is 616 g/mol. The first-order chi connectivity index (χ1) is 22.4. The van der Waals surface area contributed by atoms with Crippen LogP contribution in [0.25, 0.3) is 10.8 Å². The van der Waals surface area contributed by atoms with Crippen LogP contribution in [-0.2, 0) is 0 Å². The first kappa shape index (κ1) is 31.0. The largest absolute Gasteiger partial charge is 0.493 e. The van der Waals surface area contributed by atoms with E-state index in [1.165, 1.54) is 4.90 Å². The molecular formula is C37H40N6O3. The number of nitrogens with zero attached hydrogens (tertiary/aromatic N) is 5. The van der Waals surface area contributed by atoms with Crippen LogP contribution in [0.4, 0.5) is 27.9 Å². The maximum Gasteiger partial charge on any atom is 0.425 e. The standard InChI is InChI=1S/C37H40N6O3/c1-27-9-6-10-28(2)35(27)46-37(44)43(32-16-15-29-11-4-5-12-30(29)25-32)34-17-18-38-36(40-34)39-31-13-7-14-33(26-31)45-24-8-19-42-22-20-41(3)21-23-42/h4-7,9-18,25-26H,8,19-24H2,1-3H3,(H,38,39,40). The van der Waals surface area contributed by atoms with Crippen molar-refractivity contribution in [2.75, 3.05) is 56.6 Å². The Kier molecular flexibility index (Phi) is 9.71. The van der Waals surface area contributed by atoms with Gasteiger partial charge in [-0.3, -0.25) is 0 Å². The second-order valence-electron chi connectivity index (χ2n) is 11.7. The summed E-state index contributed by atoms with van der Waals surface area (Å²) in [7, 11) is 2.17. The molecular weight excluding hydrogens is 576 g/mol. The summed E-state index contributed by atoms with van der Waals surface area (Å²) in [6.07, 6.45) is 2.03. The Morgan fingerprint density at radius 1 is 0.870 bits per heavy atom. The van der Waals surface area contributed by atoms with Gasteiger partial charge in [0, 0.05) is 56.7 Å². The molecule has 46 heavy (non-hydrogen) atoms. The highest BCUT2D eigenvalue weighted by molar-refractivity contribution is 5.99. The van der Waals surface area contributed by atoms with Crippen molar-refractivity contribution in [3.8, 4) is 11.5 Å². The summed E-state index contributed by atoms with van der Waals surface area (Å²) < 4.78 is 12.1. The molecule has 5 aromatic rings. The lowest BCUT2D eigenvalue weighted by Crippen LogP contribution is -2.44. The van der Waals surface area contributed by atoms with Gasteiger partial charge in [0.25, 0.3) is 0 Å². The third-order valence-corrected chi connectivity index (χ3v) is 8.22. The number of piperazine rings is 1. The Hall–Kier alpha value is -4.99. The number of rotatable bonds is 10. The van der Waals surface area contributed by atoms with Gasteiger partial charge < -0.3 is 24.6 Å². The Labute approximate surface area is 270 Å². The number of aryl methyl sites for hydroxylation is 2. The highest BCUT2D eigenvalue weighted by Crippen LogP contribution is 2.31. The van der Waals surface area contributed by atoms with Crippen molar-refractivity contribution in [1.29, 1.82) is 0 Å². The average Bonchev–Trinajstić information content (AvgIpc) is 3.06. The molecule has 1 fully saturated rings. The molecule has 0 radical (unpaired) electrons. The van der Waals surface area contributed by atoms with Gasteiger partial charge in [-0.05, 0) is 73.5 Å². The van der Waals surface area contributed by atoms with Crippen LogP contribution in [0.1, 0.15) is 17.5 Å². The van der Waals surface area contributed by atoms with Crippen LogP contribution in [0.5, 0.6) is 11.5 Å². The van der Waals surface area contributed by atoms with E-state index >= 15 is 0 Å². The van der Waals surface area contributed by atoms with Crippen LogP contribution in [-0.4, -0.2) is 72.2 Å². The summed E-state index contributed by atoms with van der Waals surface area (Å²) in [6, 6.07) is 29.1. The molecule has 9 heteroatoms. The Balaban J connectivity index is 1.19. The molecule has 9 nitrogen and oxygen atoms in total. The molecule has 0 aliphatic carbocycles. The topological polar surface area (TPSA) is 83.1 Å². The minimum atomic E-state index is -0.565. The minimum absolute atomic E-state index is 0.343. The van der Waals surface area contributed by atoms with Gasteiger partial charge in [-0.15, -0.1) is 0 Å². The molecule has 1 aliphatic heterocycles. The molecule has 0 unspecified atom stereocenters. The Morgan fingerprint density at radius 2 is 1.63 bits per heavy atom. The van der Waals surface area contributed by atoms with Crippen molar-refractivity contribution in [3.05, 3.63) is 108 Å². The van der Waals surface area contributed by atoms with Gasteiger partial charge in [-0.25, -0.2) is 14.7 Å². The van der Waals surface area contributed by atoms with Crippen molar-refractivity contribution < 1.29 is 14.3 Å². The quantitative estimate of drug-likeness (QED) is 0.163.